The molecule has 0 saturated heterocycles. The number of amides is 1. The van der Waals surface area contributed by atoms with E-state index in [0.717, 1.165) is 12.8 Å². The molecule has 21 heavy (non-hydrogen) atoms. The van der Waals surface area contributed by atoms with Gasteiger partial charge in [0.25, 0.3) is 5.91 Å². The first-order valence-corrected chi connectivity index (χ1v) is 6.88. The van der Waals surface area contributed by atoms with Crippen LogP contribution in [0.1, 0.15) is 21.6 Å². The van der Waals surface area contributed by atoms with Gasteiger partial charge < -0.3 is 10.1 Å². The number of carbonyl (C=O) groups is 1. The van der Waals surface area contributed by atoms with Gasteiger partial charge in [0, 0.05) is 33.5 Å². The lowest BCUT2D eigenvalue weighted by Crippen LogP contribution is -2.45. The molecule has 1 heterocycles. The van der Waals surface area contributed by atoms with Crippen LogP contribution in [-0.2, 0) is 24.6 Å². The summed E-state index contributed by atoms with van der Waals surface area (Å²) in [5.74, 6) is -0.226. The third-order valence-electron chi connectivity index (χ3n) is 3.98. The average Bonchev–Trinajstić information content (AvgIpc) is 3.08. The Morgan fingerprint density at radius 2 is 2.05 bits per heavy atom. The fourth-order valence-corrected chi connectivity index (χ4v) is 2.78. The van der Waals surface area contributed by atoms with Gasteiger partial charge in [-0.25, -0.2) is 0 Å². The molecule has 0 saturated carbocycles. The first-order valence-electron chi connectivity index (χ1n) is 6.88. The Morgan fingerprint density at radius 3 is 2.57 bits per heavy atom. The van der Waals surface area contributed by atoms with Crippen LogP contribution in [0.4, 0.5) is 0 Å². The largest absolute Gasteiger partial charge is 0.376 e. The molecule has 0 bridgehead atoms. The van der Waals surface area contributed by atoms with E-state index in [2.05, 4.69) is 27.8 Å². The van der Waals surface area contributed by atoms with Crippen LogP contribution in [0.25, 0.3) is 0 Å². The highest BCUT2D eigenvalue weighted by Crippen LogP contribution is 2.32. The van der Waals surface area contributed by atoms with E-state index < -0.39 is 0 Å². The summed E-state index contributed by atoms with van der Waals surface area (Å²) >= 11 is 0. The van der Waals surface area contributed by atoms with Crippen molar-refractivity contribution in [3.05, 3.63) is 47.3 Å². The number of benzene rings is 1. The zero-order valence-corrected chi connectivity index (χ0v) is 12.2. The number of rotatable bonds is 4. The first kappa shape index (κ1) is 13.8. The zero-order valence-electron chi connectivity index (χ0n) is 12.2. The monoisotopic (exact) mass is 286 g/mol. The Bertz CT molecular complexity index is 640. The molecule has 1 N–H and O–H groups in total. The number of aryl methyl sites for hydroxylation is 1. The summed E-state index contributed by atoms with van der Waals surface area (Å²) < 4.78 is 7.22. The second kappa shape index (κ2) is 5.29. The summed E-state index contributed by atoms with van der Waals surface area (Å²) in [6, 6.07) is 8.28. The smallest absolute Gasteiger partial charge is 0.273 e. The lowest BCUT2D eigenvalue weighted by Gasteiger charge is -2.27. The molecule has 1 aliphatic rings. The van der Waals surface area contributed by atoms with Crippen LogP contribution in [0.3, 0.4) is 0 Å². The van der Waals surface area contributed by atoms with Crippen LogP contribution in [-0.4, -0.2) is 40.2 Å². The van der Waals surface area contributed by atoms with Gasteiger partial charge >= 0.3 is 0 Å². The molecule has 0 atom stereocenters. The van der Waals surface area contributed by atoms with Crippen molar-refractivity contribution in [2.75, 3.05) is 13.7 Å². The van der Waals surface area contributed by atoms with Crippen molar-refractivity contribution in [1.82, 2.24) is 20.3 Å². The van der Waals surface area contributed by atoms with Gasteiger partial charge in [-0.3, -0.25) is 9.48 Å². The summed E-state index contributed by atoms with van der Waals surface area (Å²) in [6.45, 7) is 0.452. The summed E-state index contributed by atoms with van der Waals surface area (Å²) in [5, 5.41) is 10.5. The Kier molecular flexibility index (Phi) is 3.47. The molecule has 2 aromatic rings. The van der Waals surface area contributed by atoms with Gasteiger partial charge in [0.15, 0.2) is 5.69 Å². The molecule has 6 heteroatoms. The highest BCUT2D eigenvalue weighted by Gasteiger charge is 2.37. The number of ether oxygens (including phenoxy) is 1. The lowest BCUT2D eigenvalue weighted by molar-refractivity contribution is 0.000137. The SMILES string of the molecule is COC1(CNC(=O)c2cn(C)nn2)Cc2ccccc2C1. The van der Waals surface area contributed by atoms with E-state index in [9.17, 15) is 4.79 Å². The highest BCUT2D eigenvalue weighted by molar-refractivity contribution is 5.91. The number of hydrogen-bond donors (Lipinski definition) is 1. The molecule has 0 unspecified atom stereocenters. The van der Waals surface area contributed by atoms with E-state index in [1.54, 1.807) is 20.4 Å². The minimum Gasteiger partial charge on any atom is -0.376 e. The van der Waals surface area contributed by atoms with E-state index in [1.165, 1.54) is 15.8 Å². The van der Waals surface area contributed by atoms with E-state index in [1.807, 2.05) is 12.1 Å². The van der Waals surface area contributed by atoms with Gasteiger partial charge in [0.1, 0.15) is 0 Å². The molecule has 110 valence electrons. The summed E-state index contributed by atoms with van der Waals surface area (Å²) in [4.78, 5) is 12.1. The fourth-order valence-electron chi connectivity index (χ4n) is 2.78. The molecule has 1 amide bonds. The molecule has 1 aliphatic carbocycles. The lowest BCUT2D eigenvalue weighted by atomic mass is 10.00. The van der Waals surface area contributed by atoms with Gasteiger partial charge in [-0.2, -0.15) is 0 Å². The van der Waals surface area contributed by atoms with Crippen LogP contribution < -0.4 is 5.32 Å². The van der Waals surface area contributed by atoms with Gasteiger partial charge in [-0.05, 0) is 11.1 Å². The van der Waals surface area contributed by atoms with E-state index >= 15 is 0 Å². The summed E-state index contributed by atoms with van der Waals surface area (Å²) in [7, 11) is 3.42. The maximum atomic E-state index is 12.1. The molecule has 6 nitrogen and oxygen atoms in total. The third kappa shape index (κ3) is 2.67. The third-order valence-corrected chi connectivity index (χ3v) is 3.98. The quantitative estimate of drug-likeness (QED) is 0.899. The number of aromatic nitrogens is 3. The van der Waals surface area contributed by atoms with Crippen LogP contribution in [0.2, 0.25) is 0 Å². The summed E-state index contributed by atoms with van der Waals surface area (Å²) in [5.41, 5.74) is 2.52. The standard InChI is InChI=1S/C15H18N4O2/c1-19-9-13(17-18-19)14(20)16-10-15(21-2)7-11-5-3-4-6-12(11)8-15/h3-6,9H,7-8,10H2,1-2H3,(H,16,20). The van der Waals surface area contributed by atoms with E-state index in [0.29, 0.717) is 12.2 Å². The van der Waals surface area contributed by atoms with Crippen LogP contribution >= 0.6 is 0 Å². The van der Waals surface area contributed by atoms with Crippen LogP contribution in [0.15, 0.2) is 30.5 Å². The van der Waals surface area contributed by atoms with Crippen LogP contribution in [0, 0.1) is 0 Å². The van der Waals surface area contributed by atoms with Crippen molar-refractivity contribution in [3.8, 4) is 0 Å². The number of fused-ring (bicyclic) bond motifs is 1. The molecule has 1 aromatic carbocycles. The maximum absolute atomic E-state index is 12.1. The van der Waals surface area contributed by atoms with E-state index in [-0.39, 0.29) is 11.5 Å². The summed E-state index contributed by atoms with van der Waals surface area (Å²) in [6.07, 6.45) is 3.21. The number of nitrogens with one attached hydrogen (secondary N) is 1. The van der Waals surface area contributed by atoms with Gasteiger partial charge in [-0.15, -0.1) is 5.10 Å². The predicted octanol–water partition coefficient (Wildman–Crippen LogP) is 0.729. The second-order valence-corrected chi connectivity index (χ2v) is 5.47. The second-order valence-electron chi connectivity index (χ2n) is 5.47. The number of hydrogen-bond acceptors (Lipinski definition) is 4. The molecule has 3 rings (SSSR count). The molecule has 1 aromatic heterocycles. The average molecular weight is 286 g/mol. The predicted molar refractivity (Wildman–Crippen MR) is 76.9 cm³/mol. The van der Waals surface area contributed by atoms with Crippen molar-refractivity contribution in [1.29, 1.82) is 0 Å². The molecule has 0 aliphatic heterocycles. The topological polar surface area (TPSA) is 69.0 Å². The van der Waals surface area contributed by atoms with Gasteiger partial charge in [0.2, 0.25) is 0 Å². The zero-order chi connectivity index (χ0) is 14.9. The molecular formula is C15H18N4O2. The number of methoxy groups -OCH3 is 1. The highest BCUT2D eigenvalue weighted by atomic mass is 16.5. The Labute approximate surface area is 123 Å². The molecule has 0 fully saturated rings. The molecular weight excluding hydrogens is 268 g/mol. The number of carbonyl (C=O) groups excluding carboxylic acids is 1. The van der Waals surface area contributed by atoms with Crippen molar-refractivity contribution in [2.24, 2.45) is 7.05 Å². The fraction of sp³-hybridized carbons (Fsp3) is 0.400. The Balaban J connectivity index is 1.68. The van der Waals surface area contributed by atoms with Gasteiger partial charge in [0.05, 0.1) is 11.8 Å². The minimum absolute atomic E-state index is 0.226. The Hall–Kier alpha value is -2.21. The Morgan fingerprint density at radius 1 is 1.38 bits per heavy atom. The van der Waals surface area contributed by atoms with Crippen molar-refractivity contribution < 1.29 is 9.53 Å². The van der Waals surface area contributed by atoms with Crippen molar-refractivity contribution in [2.45, 2.75) is 18.4 Å². The first-order chi connectivity index (χ1) is 10.1. The van der Waals surface area contributed by atoms with Crippen molar-refractivity contribution in [3.63, 3.8) is 0 Å². The number of nitrogens with zero attached hydrogens (tertiary/aromatic N) is 3. The van der Waals surface area contributed by atoms with Crippen molar-refractivity contribution >= 4 is 5.91 Å². The van der Waals surface area contributed by atoms with Gasteiger partial charge in [-0.1, -0.05) is 29.5 Å². The normalized spacial score (nSPS) is 15.7. The maximum Gasteiger partial charge on any atom is 0.273 e. The van der Waals surface area contributed by atoms with E-state index in [4.69, 9.17) is 4.74 Å². The van der Waals surface area contributed by atoms with Crippen LogP contribution in [0.5, 0.6) is 0 Å². The molecule has 0 radical (unpaired) electrons. The molecule has 0 spiro atoms. The minimum atomic E-state index is -0.373.